The van der Waals surface area contributed by atoms with Crippen molar-refractivity contribution in [2.45, 2.75) is 25.3 Å². The first-order valence-electron chi connectivity index (χ1n) is 4.05. The number of aromatic nitrogens is 1. The largest absolute Gasteiger partial charge is 0.325 e. The van der Waals surface area contributed by atoms with Gasteiger partial charge in [-0.25, -0.2) is 0 Å². The van der Waals surface area contributed by atoms with Gasteiger partial charge in [0.25, 0.3) is 0 Å². The molecule has 1 saturated carbocycles. The first kappa shape index (κ1) is 6.80. The maximum Gasteiger partial charge on any atom is 0.0542 e. The van der Waals surface area contributed by atoms with Gasteiger partial charge >= 0.3 is 0 Å². The van der Waals surface area contributed by atoms with Gasteiger partial charge in [0.2, 0.25) is 0 Å². The Bertz CT molecular complexity index is 253. The first-order chi connectivity index (χ1) is 5.40. The van der Waals surface area contributed by atoms with Crippen molar-refractivity contribution in [2.75, 3.05) is 0 Å². The van der Waals surface area contributed by atoms with E-state index in [2.05, 4.69) is 17.1 Å². The summed E-state index contributed by atoms with van der Waals surface area (Å²) in [4.78, 5) is 4.14. The molecule has 11 heavy (non-hydrogen) atoms. The van der Waals surface area contributed by atoms with E-state index in [1.165, 1.54) is 18.4 Å². The van der Waals surface area contributed by atoms with E-state index in [1.54, 1.807) is 0 Å². The summed E-state index contributed by atoms with van der Waals surface area (Å²) in [6.07, 6.45) is 4.54. The molecule has 0 unspecified atom stereocenters. The number of nitrogens with two attached hydrogens (primary N) is 1. The fraction of sp³-hybridized carbons (Fsp3) is 0.444. The van der Waals surface area contributed by atoms with Gasteiger partial charge in [0.05, 0.1) is 5.69 Å². The highest BCUT2D eigenvalue weighted by molar-refractivity contribution is 5.24. The summed E-state index contributed by atoms with van der Waals surface area (Å²) < 4.78 is 0. The molecule has 1 aliphatic carbocycles. The van der Waals surface area contributed by atoms with Crippen molar-refractivity contribution in [3.05, 3.63) is 29.6 Å². The Labute approximate surface area is 66.4 Å². The van der Waals surface area contributed by atoms with Crippen molar-refractivity contribution >= 4 is 0 Å². The van der Waals surface area contributed by atoms with Gasteiger partial charge in [-0.2, -0.15) is 0 Å². The lowest BCUT2D eigenvalue weighted by molar-refractivity contribution is 0.969. The number of hydrogen-bond donors (Lipinski definition) is 1. The molecule has 0 saturated heterocycles. The number of rotatable bonds is 2. The minimum atomic E-state index is 0.556. The van der Waals surface area contributed by atoms with E-state index in [0.717, 1.165) is 11.6 Å². The van der Waals surface area contributed by atoms with Crippen LogP contribution in [0.1, 0.15) is 30.0 Å². The third-order valence-electron chi connectivity index (χ3n) is 2.10. The molecule has 0 bridgehead atoms. The molecule has 1 aromatic heterocycles. The fourth-order valence-corrected chi connectivity index (χ4v) is 1.28. The van der Waals surface area contributed by atoms with Crippen molar-refractivity contribution in [1.82, 2.24) is 4.98 Å². The van der Waals surface area contributed by atoms with Crippen LogP contribution < -0.4 is 5.73 Å². The van der Waals surface area contributed by atoms with E-state index in [1.807, 2.05) is 6.20 Å². The van der Waals surface area contributed by atoms with Gasteiger partial charge < -0.3 is 5.73 Å². The SMILES string of the molecule is NCc1cc(C2CC2)ccn1. The van der Waals surface area contributed by atoms with Crippen LogP contribution in [-0.4, -0.2) is 4.98 Å². The Morgan fingerprint density at radius 3 is 3.00 bits per heavy atom. The van der Waals surface area contributed by atoms with Crippen molar-refractivity contribution < 1.29 is 0 Å². The smallest absolute Gasteiger partial charge is 0.0542 e. The van der Waals surface area contributed by atoms with Crippen molar-refractivity contribution in [2.24, 2.45) is 5.73 Å². The van der Waals surface area contributed by atoms with Crippen LogP contribution in [0.25, 0.3) is 0 Å². The fourth-order valence-electron chi connectivity index (χ4n) is 1.28. The topological polar surface area (TPSA) is 38.9 Å². The molecule has 2 heteroatoms. The zero-order chi connectivity index (χ0) is 7.68. The maximum atomic E-state index is 5.48. The van der Waals surface area contributed by atoms with Crippen molar-refractivity contribution in [1.29, 1.82) is 0 Å². The summed E-state index contributed by atoms with van der Waals surface area (Å²) in [5.74, 6) is 0.809. The average Bonchev–Trinajstić information content (AvgIpc) is 2.87. The van der Waals surface area contributed by atoms with Crippen LogP contribution >= 0.6 is 0 Å². The molecule has 0 amide bonds. The summed E-state index contributed by atoms with van der Waals surface area (Å²) in [7, 11) is 0. The maximum absolute atomic E-state index is 5.48. The zero-order valence-electron chi connectivity index (χ0n) is 6.46. The standard InChI is InChI=1S/C9H12N2/c10-6-9-5-8(3-4-11-9)7-1-2-7/h3-5,7H,1-2,6,10H2. The van der Waals surface area contributed by atoms with E-state index in [-0.39, 0.29) is 0 Å². The molecule has 2 nitrogen and oxygen atoms in total. The van der Waals surface area contributed by atoms with Gasteiger partial charge in [-0.1, -0.05) is 0 Å². The van der Waals surface area contributed by atoms with Gasteiger partial charge in [-0.05, 0) is 36.5 Å². The molecular weight excluding hydrogens is 136 g/mol. The van der Waals surface area contributed by atoms with Crippen molar-refractivity contribution in [3.8, 4) is 0 Å². The van der Waals surface area contributed by atoms with E-state index >= 15 is 0 Å². The highest BCUT2D eigenvalue weighted by atomic mass is 14.7. The summed E-state index contributed by atoms with van der Waals surface area (Å²) in [6, 6.07) is 4.22. The molecule has 2 rings (SSSR count). The number of pyridine rings is 1. The summed E-state index contributed by atoms with van der Waals surface area (Å²) >= 11 is 0. The van der Waals surface area contributed by atoms with Gasteiger partial charge in [0.15, 0.2) is 0 Å². The molecule has 0 aromatic carbocycles. The van der Waals surface area contributed by atoms with E-state index < -0.39 is 0 Å². The predicted molar refractivity (Wildman–Crippen MR) is 44.1 cm³/mol. The van der Waals surface area contributed by atoms with Gasteiger partial charge in [-0.3, -0.25) is 4.98 Å². The number of nitrogens with zero attached hydrogens (tertiary/aromatic N) is 1. The van der Waals surface area contributed by atoms with Gasteiger partial charge in [0, 0.05) is 12.7 Å². The highest BCUT2D eigenvalue weighted by Gasteiger charge is 2.23. The van der Waals surface area contributed by atoms with E-state index in [0.29, 0.717) is 6.54 Å². The summed E-state index contributed by atoms with van der Waals surface area (Å²) in [5, 5.41) is 0. The third-order valence-corrected chi connectivity index (χ3v) is 2.10. The van der Waals surface area contributed by atoms with Gasteiger partial charge in [0.1, 0.15) is 0 Å². The van der Waals surface area contributed by atoms with Gasteiger partial charge in [-0.15, -0.1) is 0 Å². The molecule has 0 aliphatic heterocycles. The highest BCUT2D eigenvalue weighted by Crippen LogP contribution is 2.39. The molecule has 1 heterocycles. The molecule has 1 fully saturated rings. The second-order valence-electron chi connectivity index (χ2n) is 3.06. The minimum Gasteiger partial charge on any atom is -0.325 e. The van der Waals surface area contributed by atoms with Crippen LogP contribution in [0.3, 0.4) is 0 Å². The Hall–Kier alpha value is -0.890. The van der Waals surface area contributed by atoms with Crippen LogP contribution in [0.2, 0.25) is 0 Å². The quantitative estimate of drug-likeness (QED) is 0.688. The lowest BCUT2D eigenvalue weighted by Gasteiger charge is -1.99. The second kappa shape index (κ2) is 2.62. The summed E-state index contributed by atoms with van der Waals surface area (Å²) in [5.41, 5.74) is 7.90. The normalized spacial score (nSPS) is 16.8. The molecule has 0 spiro atoms. The predicted octanol–water partition coefficient (Wildman–Crippen LogP) is 1.42. The summed E-state index contributed by atoms with van der Waals surface area (Å²) in [6.45, 7) is 0.556. The number of hydrogen-bond acceptors (Lipinski definition) is 2. The molecule has 0 radical (unpaired) electrons. The van der Waals surface area contributed by atoms with E-state index in [4.69, 9.17) is 5.73 Å². The molecular formula is C9H12N2. The van der Waals surface area contributed by atoms with Crippen molar-refractivity contribution in [3.63, 3.8) is 0 Å². The molecule has 0 atom stereocenters. The first-order valence-corrected chi connectivity index (χ1v) is 4.05. The monoisotopic (exact) mass is 148 g/mol. The van der Waals surface area contributed by atoms with Crippen LogP contribution in [0.4, 0.5) is 0 Å². The molecule has 2 N–H and O–H groups in total. The van der Waals surface area contributed by atoms with Crippen LogP contribution in [0.15, 0.2) is 18.3 Å². The lowest BCUT2D eigenvalue weighted by atomic mass is 10.1. The van der Waals surface area contributed by atoms with Crippen LogP contribution in [0, 0.1) is 0 Å². The van der Waals surface area contributed by atoms with Crippen LogP contribution in [0.5, 0.6) is 0 Å². The zero-order valence-corrected chi connectivity index (χ0v) is 6.46. The van der Waals surface area contributed by atoms with E-state index in [9.17, 15) is 0 Å². The lowest BCUT2D eigenvalue weighted by Crippen LogP contribution is -1.99. The minimum absolute atomic E-state index is 0.556. The second-order valence-corrected chi connectivity index (χ2v) is 3.06. The molecule has 1 aromatic rings. The van der Waals surface area contributed by atoms with Crippen LogP contribution in [-0.2, 0) is 6.54 Å². The Balaban J connectivity index is 2.26. The third kappa shape index (κ3) is 1.40. The Kier molecular flexibility index (Phi) is 1.62. The molecule has 58 valence electrons. The Morgan fingerprint density at radius 2 is 2.36 bits per heavy atom. The molecule has 1 aliphatic rings. The Morgan fingerprint density at radius 1 is 1.55 bits per heavy atom. The average molecular weight is 148 g/mol.